The van der Waals surface area contributed by atoms with Crippen LogP contribution in [-0.2, 0) is 22.9 Å². The molecule has 2 rings (SSSR count). The maximum atomic E-state index is 11.6. The van der Waals surface area contributed by atoms with Gasteiger partial charge in [0.1, 0.15) is 11.5 Å². The molecule has 0 aromatic heterocycles. The molecule has 0 unspecified atom stereocenters. The van der Waals surface area contributed by atoms with Crippen LogP contribution in [0.25, 0.3) is 0 Å². The Balaban J connectivity index is 2.13. The lowest BCUT2D eigenvalue weighted by atomic mass is 9.94. The van der Waals surface area contributed by atoms with Crippen LogP contribution in [0.2, 0.25) is 0 Å². The zero-order valence-electron chi connectivity index (χ0n) is 13.9. The third-order valence-electron chi connectivity index (χ3n) is 3.83. The van der Waals surface area contributed by atoms with Crippen molar-refractivity contribution in [2.45, 2.75) is 12.8 Å². The van der Waals surface area contributed by atoms with Crippen LogP contribution in [0.1, 0.15) is 11.1 Å². The van der Waals surface area contributed by atoms with E-state index in [1.54, 1.807) is 14.2 Å². The zero-order valence-corrected chi connectivity index (χ0v) is 14.8. The molecule has 0 aliphatic rings. The summed E-state index contributed by atoms with van der Waals surface area (Å²) in [6.45, 7) is 0. The molecule has 0 aliphatic carbocycles. The van der Waals surface area contributed by atoms with Crippen molar-refractivity contribution in [3.05, 3.63) is 59.7 Å². The number of hydrogen-bond acceptors (Lipinski definition) is 4. The van der Waals surface area contributed by atoms with Crippen molar-refractivity contribution in [2.75, 3.05) is 20.0 Å². The minimum absolute atomic E-state index is 0.0505. The lowest BCUT2D eigenvalue weighted by Gasteiger charge is -2.16. The molecule has 0 fully saturated rings. The van der Waals surface area contributed by atoms with Gasteiger partial charge in [-0.2, -0.15) is 0 Å². The van der Waals surface area contributed by atoms with Gasteiger partial charge >= 0.3 is 0 Å². The molecule has 6 heteroatoms. The van der Waals surface area contributed by atoms with Crippen LogP contribution < -0.4 is 14.6 Å². The van der Waals surface area contributed by atoms with E-state index in [2.05, 4.69) is 0 Å². The SMILES string of the molecule is COc1ccc(CC(Cc2ccc(OC)cc2)CS(N)(=O)=O)cc1. The predicted molar refractivity (Wildman–Crippen MR) is 94.9 cm³/mol. The zero-order chi connectivity index (χ0) is 17.6. The van der Waals surface area contributed by atoms with E-state index in [4.69, 9.17) is 14.6 Å². The van der Waals surface area contributed by atoms with E-state index in [9.17, 15) is 8.42 Å². The lowest BCUT2D eigenvalue weighted by molar-refractivity contribution is 0.414. The summed E-state index contributed by atoms with van der Waals surface area (Å²) in [5, 5.41) is 5.27. The number of benzene rings is 2. The van der Waals surface area contributed by atoms with Crippen LogP contribution in [0.3, 0.4) is 0 Å². The summed E-state index contributed by atoms with van der Waals surface area (Å²) in [6.07, 6.45) is 1.26. The molecular weight excluding hydrogens is 326 g/mol. The molecule has 0 bridgehead atoms. The second-order valence-corrected chi connectivity index (χ2v) is 7.46. The summed E-state index contributed by atoms with van der Waals surface area (Å²) < 4.78 is 33.4. The van der Waals surface area contributed by atoms with Crippen molar-refractivity contribution in [1.82, 2.24) is 0 Å². The fourth-order valence-corrected chi connectivity index (χ4v) is 3.60. The van der Waals surface area contributed by atoms with Crippen LogP contribution in [0.15, 0.2) is 48.5 Å². The lowest BCUT2D eigenvalue weighted by Crippen LogP contribution is -2.25. The van der Waals surface area contributed by atoms with Gasteiger partial charge in [-0.05, 0) is 54.2 Å². The van der Waals surface area contributed by atoms with Gasteiger partial charge in [-0.25, -0.2) is 13.6 Å². The molecule has 24 heavy (non-hydrogen) atoms. The third kappa shape index (κ3) is 5.86. The molecule has 0 saturated heterocycles. The second-order valence-electron chi connectivity index (χ2n) is 5.80. The van der Waals surface area contributed by atoms with Crippen LogP contribution in [0.4, 0.5) is 0 Å². The Kier molecular flexibility index (Phi) is 6.23. The van der Waals surface area contributed by atoms with E-state index in [-0.39, 0.29) is 11.7 Å². The van der Waals surface area contributed by atoms with E-state index >= 15 is 0 Å². The van der Waals surface area contributed by atoms with E-state index in [1.807, 2.05) is 48.5 Å². The Morgan fingerprint density at radius 2 is 1.21 bits per heavy atom. The van der Waals surface area contributed by atoms with Gasteiger partial charge in [0.05, 0.1) is 20.0 Å². The van der Waals surface area contributed by atoms with Crippen molar-refractivity contribution in [3.63, 3.8) is 0 Å². The van der Waals surface area contributed by atoms with Crippen molar-refractivity contribution in [1.29, 1.82) is 0 Å². The van der Waals surface area contributed by atoms with Gasteiger partial charge < -0.3 is 9.47 Å². The number of primary sulfonamides is 1. The quantitative estimate of drug-likeness (QED) is 0.794. The average Bonchev–Trinajstić information content (AvgIpc) is 2.55. The van der Waals surface area contributed by atoms with Gasteiger partial charge in [-0.15, -0.1) is 0 Å². The highest BCUT2D eigenvalue weighted by Gasteiger charge is 2.17. The van der Waals surface area contributed by atoms with Crippen molar-refractivity contribution < 1.29 is 17.9 Å². The molecule has 2 N–H and O–H groups in total. The van der Waals surface area contributed by atoms with Crippen LogP contribution in [0.5, 0.6) is 11.5 Å². The largest absolute Gasteiger partial charge is 0.497 e. The summed E-state index contributed by atoms with van der Waals surface area (Å²) in [4.78, 5) is 0. The van der Waals surface area contributed by atoms with Crippen LogP contribution in [0, 0.1) is 5.92 Å². The van der Waals surface area contributed by atoms with E-state index in [0.717, 1.165) is 22.6 Å². The Hall–Kier alpha value is -2.05. The predicted octanol–water partition coefficient (Wildman–Crippen LogP) is 2.39. The molecule has 0 atom stereocenters. The van der Waals surface area contributed by atoms with Crippen molar-refractivity contribution in [2.24, 2.45) is 11.1 Å². The number of hydrogen-bond donors (Lipinski definition) is 1. The third-order valence-corrected chi connectivity index (χ3v) is 4.77. The van der Waals surface area contributed by atoms with Crippen molar-refractivity contribution >= 4 is 10.0 Å². The molecular formula is C18H23NO4S. The number of sulfonamides is 1. The molecule has 2 aromatic rings. The summed E-state index contributed by atoms with van der Waals surface area (Å²) in [5.74, 6) is 1.40. The Morgan fingerprint density at radius 1 is 0.833 bits per heavy atom. The maximum absolute atomic E-state index is 11.6. The monoisotopic (exact) mass is 349 g/mol. The molecule has 2 aromatic carbocycles. The molecule has 0 radical (unpaired) electrons. The first-order chi connectivity index (χ1) is 11.4. The van der Waals surface area contributed by atoms with Gasteiger partial charge in [0, 0.05) is 0 Å². The number of methoxy groups -OCH3 is 2. The summed E-state index contributed by atoms with van der Waals surface area (Å²) >= 11 is 0. The Morgan fingerprint density at radius 3 is 1.50 bits per heavy atom. The molecule has 0 saturated carbocycles. The normalized spacial score (nSPS) is 11.5. The fraction of sp³-hybridized carbons (Fsp3) is 0.333. The van der Waals surface area contributed by atoms with Gasteiger partial charge in [-0.1, -0.05) is 24.3 Å². The molecule has 5 nitrogen and oxygen atoms in total. The molecule has 0 amide bonds. The highest BCUT2D eigenvalue weighted by atomic mass is 32.2. The van der Waals surface area contributed by atoms with Crippen LogP contribution >= 0.6 is 0 Å². The first-order valence-corrected chi connectivity index (χ1v) is 9.37. The Bertz CT molecular complexity index is 690. The first kappa shape index (κ1) is 18.3. The molecule has 0 spiro atoms. The standard InChI is InChI=1S/C18H23NO4S/c1-22-17-7-3-14(4-8-17)11-16(13-24(19,20)21)12-15-5-9-18(23-2)10-6-15/h3-10,16H,11-13H2,1-2H3,(H2,19,20,21). The highest BCUT2D eigenvalue weighted by Crippen LogP contribution is 2.20. The van der Waals surface area contributed by atoms with E-state index < -0.39 is 10.0 Å². The molecule has 0 heterocycles. The minimum atomic E-state index is -3.54. The van der Waals surface area contributed by atoms with E-state index in [0.29, 0.717) is 12.8 Å². The number of rotatable bonds is 8. The summed E-state index contributed by atoms with van der Waals surface area (Å²) in [5.41, 5.74) is 2.11. The second kappa shape index (κ2) is 8.17. The van der Waals surface area contributed by atoms with Crippen molar-refractivity contribution in [3.8, 4) is 11.5 Å². The highest BCUT2D eigenvalue weighted by molar-refractivity contribution is 7.89. The summed E-state index contributed by atoms with van der Waals surface area (Å²) in [7, 11) is -0.311. The minimum Gasteiger partial charge on any atom is -0.497 e. The smallest absolute Gasteiger partial charge is 0.209 e. The van der Waals surface area contributed by atoms with E-state index in [1.165, 1.54) is 0 Å². The average molecular weight is 349 g/mol. The van der Waals surface area contributed by atoms with Gasteiger partial charge in [0.25, 0.3) is 0 Å². The van der Waals surface area contributed by atoms with Gasteiger partial charge in [0.2, 0.25) is 10.0 Å². The molecule has 130 valence electrons. The maximum Gasteiger partial charge on any atom is 0.209 e. The van der Waals surface area contributed by atoms with Gasteiger partial charge in [0.15, 0.2) is 0 Å². The van der Waals surface area contributed by atoms with Gasteiger partial charge in [-0.3, -0.25) is 0 Å². The molecule has 0 aliphatic heterocycles. The topological polar surface area (TPSA) is 78.6 Å². The fourth-order valence-electron chi connectivity index (χ4n) is 2.71. The number of nitrogens with two attached hydrogens (primary N) is 1. The Labute approximate surface area is 143 Å². The number of ether oxygens (including phenoxy) is 2. The first-order valence-electron chi connectivity index (χ1n) is 7.66. The summed E-state index contributed by atoms with van der Waals surface area (Å²) in [6, 6.07) is 15.3. The van der Waals surface area contributed by atoms with Crippen LogP contribution in [-0.4, -0.2) is 28.4 Å².